The van der Waals surface area contributed by atoms with Gasteiger partial charge in [-0.15, -0.1) is 11.3 Å². The lowest BCUT2D eigenvalue weighted by molar-refractivity contribution is 0.102. The van der Waals surface area contributed by atoms with Gasteiger partial charge in [0.25, 0.3) is 0 Å². The second-order valence-electron chi connectivity index (χ2n) is 5.82. The maximum atomic E-state index is 12.8. The van der Waals surface area contributed by atoms with Crippen molar-refractivity contribution in [1.82, 2.24) is 0 Å². The summed E-state index contributed by atoms with van der Waals surface area (Å²) >= 11 is 1.64. The molecule has 1 atom stereocenters. The highest BCUT2D eigenvalue weighted by atomic mass is 32.1. The molecule has 0 saturated carbocycles. The fourth-order valence-electron chi connectivity index (χ4n) is 3.52. The van der Waals surface area contributed by atoms with E-state index in [2.05, 4.69) is 12.1 Å². The zero-order valence-corrected chi connectivity index (χ0v) is 12.9. The maximum absolute atomic E-state index is 12.8. The van der Waals surface area contributed by atoms with Crippen LogP contribution >= 0.6 is 11.3 Å². The summed E-state index contributed by atoms with van der Waals surface area (Å²) in [7, 11) is 0. The first-order valence-electron chi connectivity index (χ1n) is 7.51. The van der Waals surface area contributed by atoms with Crippen molar-refractivity contribution < 1.29 is 9.90 Å². The van der Waals surface area contributed by atoms with E-state index < -0.39 is 6.10 Å². The Morgan fingerprint density at radius 3 is 2.52 bits per heavy atom. The molecule has 4 aromatic rings. The molecular formula is C20H12O2S. The summed E-state index contributed by atoms with van der Waals surface area (Å²) in [6, 6.07) is 19.4. The molecule has 1 N–H and O–H groups in total. The Morgan fingerprint density at radius 2 is 1.61 bits per heavy atom. The van der Waals surface area contributed by atoms with Gasteiger partial charge < -0.3 is 5.11 Å². The quantitative estimate of drug-likeness (QED) is 0.511. The first kappa shape index (κ1) is 13.0. The van der Waals surface area contributed by atoms with Gasteiger partial charge >= 0.3 is 0 Å². The van der Waals surface area contributed by atoms with Gasteiger partial charge in [0.15, 0.2) is 5.78 Å². The molecular weight excluding hydrogens is 304 g/mol. The molecule has 2 nitrogen and oxygen atoms in total. The number of carbonyl (C=O) groups is 1. The number of hydrogen-bond acceptors (Lipinski definition) is 3. The molecule has 1 unspecified atom stereocenters. The summed E-state index contributed by atoms with van der Waals surface area (Å²) < 4.78 is 2.19. The highest BCUT2D eigenvalue weighted by Gasteiger charge is 2.31. The Hall–Kier alpha value is -2.49. The van der Waals surface area contributed by atoms with Crippen molar-refractivity contribution in [2.75, 3.05) is 0 Å². The third-order valence-electron chi connectivity index (χ3n) is 4.60. The van der Waals surface area contributed by atoms with Crippen molar-refractivity contribution in [2.45, 2.75) is 6.10 Å². The van der Waals surface area contributed by atoms with E-state index >= 15 is 0 Å². The van der Waals surface area contributed by atoms with Crippen molar-refractivity contribution >= 4 is 37.3 Å². The molecule has 3 heteroatoms. The van der Waals surface area contributed by atoms with Crippen LogP contribution in [0.1, 0.15) is 33.2 Å². The Kier molecular flexibility index (Phi) is 2.55. The van der Waals surface area contributed by atoms with Crippen LogP contribution in [0.15, 0.2) is 60.7 Å². The number of rotatable bonds is 0. The Bertz CT molecular complexity index is 1110. The van der Waals surface area contributed by atoms with Crippen LogP contribution in [0.2, 0.25) is 0 Å². The van der Waals surface area contributed by atoms with Crippen LogP contribution in [0.3, 0.4) is 0 Å². The van der Waals surface area contributed by atoms with Crippen LogP contribution in [-0.4, -0.2) is 10.9 Å². The first-order valence-corrected chi connectivity index (χ1v) is 8.33. The standard InChI is InChI=1S/C20H12O2S/c21-18-12-6-1-2-7-13(12)19(22)17-15(18)10-9-14-11-5-3-4-8-16(11)23-20(14)17/h1-10,19,22H. The fraction of sp³-hybridized carbons (Fsp3) is 0.0500. The van der Waals surface area contributed by atoms with Gasteiger partial charge in [0.05, 0.1) is 0 Å². The smallest absolute Gasteiger partial charge is 0.193 e. The zero-order valence-electron chi connectivity index (χ0n) is 12.1. The van der Waals surface area contributed by atoms with E-state index in [1.54, 1.807) is 17.4 Å². The number of fused-ring (bicyclic) bond motifs is 6. The molecule has 0 amide bonds. The third-order valence-corrected chi connectivity index (χ3v) is 5.82. The van der Waals surface area contributed by atoms with Gasteiger partial charge in [-0.05, 0) is 17.7 Å². The number of benzene rings is 3. The predicted molar refractivity (Wildman–Crippen MR) is 93.3 cm³/mol. The number of aliphatic hydroxyl groups excluding tert-OH is 1. The molecule has 0 bridgehead atoms. The minimum absolute atomic E-state index is 0.000237. The minimum atomic E-state index is -0.754. The van der Waals surface area contributed by atoms with Gasteiger partial charge in [-0.2, -0.15) is 0 Å². The Balaban J connectivity index is 1.92. The average molecular weight is 316 g/mol. The molecule has 3 aromatic carbocycles. The molecule has 0 fully saturated rings. The first-order chi connectivity index (χ1) is 11.3. The summed E-state index contributed by atoms with van der Waals surface area (Å²) in [5.41, 5.74) is 2.69. The van der Waals surface area contributed by atoms with E-state index in [4.69, 9.17) is 0 Å². The molecule has 0 spiro atoms. The van der Waals surface area contributed by atoms with E-state index in [1.165, 1.54) is 10.1 Å². The van der Waals surface area contributed by atoms with Crippen molar-refractivity contribution in [1.29, 1.82) is 0 Å². The van der Waals surface area contributed by atoms with Crippen molar-refractivity contribution in [3.8, 4) is 0 Å². The minimum Gasteiger partial charge on any atom is -0.384 e. The van der Waals surface area contributed by atoms with Crippen molar-refractivity contribution in [3.63, 3.8) is 0 Å². The maximum Gasteiger partial charge on any atom is 0.193 e. The lowest BCUT2D eigenvalue weighted by Crippen LogP contribution is -2.19. The SMILES string of the molecule is O=C1c2ccccc2C(O)c2c1ccc1c2sc2ccccc21. The summed E-state index contributed by atoms with van der Waals surface area (Å²) in [4.78, 5) is 12.8. The zero-order chi connectivity index (χ0) is 15.6. The lowest BCUT2D eigenvalue weighted by Gasteiger charge is -2.24. The highest BCUT2D eigenvalue weighted by molar-refractivity contribution is 7.26. The van der Waals surface area contributed by atoms with Crippen LogP contribution in [-0.2, 0) is 0 Å². The molecule has 1 aliphatic rings. The van der Waals surface area contributed by atoms with Gasteiger partial charge in [0.1, 0.15) is 6.10 Å². The van der Waals surface area contributed by atoms with E-state index in [1.807, 2.05) is 42.5 Å². The molecule has 0 radical (unpaired) electrons. The summed E-state index contributed by atoms with van der Waals surface area (Å²) in [6.45, 7) is 0. The average Bonchev–Trinajstić information content (AvgIpc) is 2.98. The van der Waals surface area contributed by atoms with Crippen LogP contribution in [0.25, 0.3) is 20.2 Å². The molecule has 1 heterocycles. The van der Waals surface area contributed by atoms with E-state index in [9.17, 15) is 9.90 Å². The lowest BCUT2D eigenvalue weighted by atomic mass is 9.82. The topological polar surface area (TPSA) is 37.3 Å². The molecule has 1 aliphatic carbocycles. The number of carbonyl (C=O) groups excluding carboxylic acids is 1. The summed E-state index contributed by atoms with van der Waals surface area (Å²) in [5.74, 6) is 0.000237. The second-order valence-corrected chi connectivity index (χ2v) is 6.87. The Morgan fingerprint density at radius 1 is 0.826 bits per heavy atom. The monoisotopic (exact) mass is 316 g/mol. The van der Waals surface area contributed by atoms with E-state index in [-0.39, 0.29) is 5.78 Å². The van der Waals surface area contributed by atoms with Crippen LogP contribution in [0.5, 0.6) is 0 Å². The predicted octanol–water partition coefficient (Wildman–Crippen LogP) is 4.68. The number of aliphatic hydroxyl groups is 1. The molecule has 5 rings (SSSR count). The van der Waals surface area contributed by atoms with E-state index in [0.717, 1.165) is 15.6 Å². The number of ketones is 1. The normalized spacial score (nSPS) is 16.6. The third kappa shape index (κ3) is 1.63. The second kappa shape index (κ2) is 4.51. The fourth-order valence-corrected chi connectivity index (χ4v) is 4.80. The van der Waals surface area contributed by atoms with Gasteiger partial charge in [-0.1, -0.05) is 48.5 Å². The van der Waals surface area contributed by atoms with Crippen molar-refractivity contribution in [3.05, 3.63) is 82.9 Å². The largest absolute Gasteiger partial charge is 0.384 e. The molecule has 23 heavy (non-hydrogen) atoms. The molecule has 0 saturated heterocycles. The Labute approximate surface area is 136 Å². The van der Waals surface area contributed by atoms with Gasteiger partial charge in [0.2, 0.25) is 0 Å². The van der Waals surface area contributed by atoms with Crippen LogP contribution in [0.4, 0.5) is 0 Å². The highest BCUT2D eigenvalue weighted by Crippen LogP contribution is 2.44. The van der Waals surface area contributed by atoms with Gasteiger partial charge in [0, 0.05) is 36.9 Å². The van der Waals surface area contributed by atoms with Gasteiger partial charge in [-0.3, -0.25) is 4.79 Å². The van der Waals surface area contributed by atoms with E-state index in [0.29, 0.717) is 16.7 Å². The van der Waals surface area contributed by atoms with Crippen molar-refractivity contribution in [2.24, 2.45) is 0 Å². The summed E-state index contributed by atoms with van der Waals surface area (Å²) in [5, 5.41) is 13.2. The number of hydrogen-bond donors (Lipinski definition) is 1. The van der Waals surface area contributed by atoms with Gasteiger partial charge in [-0.25, -0.2) is 0 Å². The summed E-state index contributed by atoms with van der Waals surface area (Å²) in [6.07, 6.45) is -0.754. The molecule has 110 valence electrons. The number of thiophene rings is 1. The van der Waals surface area contributed by atoms with Crippen LogP contribution < -0.4 is 0 Å². The molecule has 1 aromatic heterocycles. The van der Waals surface area contributed by atoms with Crippen LogP contribution in [0, 0.1) is 0 Å². The molecule has 0 aliphatic heterocycles.